The van der Waals surface area contributed by atoms with E-state index in [-0.39, 0.29) is 17.4 Å². The highest BCUT2D eigenvalue weighted by molar-refractivity contribution is 5.96. The fourth-order valence-corrected chi connectivity index (χ4v) is 7.79. The summed E-state index contributed by atoms with van der Waals surface area (Å²) in [6.45, 7) is 12.4. The van der Waals surface area contributed by atoms with E-state index in [1.165, 1.54) is 24.9 Å². The summed E-state index contributed by atoms with van der Waals surface area (Å²) in [4.78, 5) is 29.6. The van der Waals surface area contributed by atoms with Crippen molar-refractivity contribution < 1.29 is 4.39 Å². The molecule has 236 valence electrons. The van der Waals surface area contributed by atoms with Crippen LogP contribution < -0.4 is 16.2 Å². The van der Waals surface area contributed by atoms with Crippen molar-refractivity contribution in [1.82, 2.24) is 34.9 Å². The standard InChI is InChI=1S/C34H42FN9O/c1-20-18-43(14-12-36-20)33(41-28-16-23-15-27(21(28)2)34(23,3)4)39-25-9-10-26-29(17-25)40-31(30-37-19-38-42-30)44(32(26)45)13-11-22-5-7-24(35)8-6-22/h5-10,17,19-21,23,27-28,36H,11-16,18H2,1-4H3,(H,39,41)(H,37,38,42)/t20-,21-,23+,27-,28?/m0/s1. The van der Waals surface area contributed by atoms with Gasteiger partial charge in [-0.1, -0.05) is 32.9 Å². The van der Waals surface area contributed by atoms with Crippen LogP contribution in [0, 0.1) is 29.0 Å². The molecule has 1 saturated heterocycles. The van der Waals surface area contributed by atoms with Gasteiger partial charge in [0.15, 0.2) is 17.6 Å². The van der Waals surface area contributed by atoms with Crippen LogP contribution in [0.4, 0.5) is 10.1 Å². The van der Waals surface area contributed by atoms with Crippen molar-refractivity contribution in [3.05, 3.63) is 70.5 Å². The summed E-state index contributed by atoms with van der Waals surface area (Å²) in [7, 11) is 0. The first-order valence-corrected chi connectivity index (χ1v) is 16.2. The first-order chi connectivity index (χ1) is 21.7. The van der Waals surface area contributed by atoms with Gasteiger partial charge in [-0.3, -0.25) is 9.36 Å². The molecule has 10 nitrogen and oxygen atoms in total. The largest absolute Gasteiger partial charge is 0.340 e. The fourth-order valence-electron chi connectivity index (χ4n) is 7.79. The molecule has 1 aliphatic heterocycles. The zero-order valence-corrected chi connectivity index (χ0v) is 26.4. The maximum atomic E-state index is 13.9. The van der Waals surface area contributed by atoms with Gasteiger partial charge in [-0.15, -0.1) is 10.2 Å². The number of hydrogen-bond acceptors (Lipinski definition) is 6. The lowest BCUT2D eigenvalue weighted by atomic mass is 9.45. The van der Waals surface area contributed by atoms with Gasteiger partial charge in [0.1, 0.15) is 12.1 Å². The van der Waals surface area contributed by atoms with Crippen molar-refractivity contribution in [2.24, 2.45) is 28.2 Å². The van der Waals surface area contributed by atoms with Gasteiger partial charge in [0.05, 0.1) is 16.9 Å². The Labute approximate surface area is 262 Å². The third-order valence-corrected chi connectivity index (χ3v) is 10.6. The topological polar surface area (TPSA) is 116 Å². The SMILES string of the molecule is C[C@@H]1C(/N=C(/Nc2ccc3c(=O)n(CCc4ccc(F)cc4)c(-c4nnc[nH]4)nc3c2)N2CCN[C@@H](C)C2)C[C@H]2C[C@@H]1C2(C)C. The molecule has 4 fully saturated rings. The number of rotatable bonds is 6. The van der Waals surface area contributed by atoms with E-state index in [1.807, 2.05) is 18.2 Å². The summed E-state index contributed by atoms with van der Waals surface area (Å²) in [6.07, 6.45) is 4.45. The van der Waals surface area contributed by atoms with Gasteiger partial charge < -0.3 is 20.5 Å². The van der Waals surface area contributed by atoms with Crippen LogP contribution in [0.1, 0.15) is 46.1 Å². The number of H-pyrrole nitrogens is 1. The number of benzene rings is 2. The van der Waals surface area contributed by atoms with Gasteiger partial charge in [0.25, 0.3) is 5.56 Å². The normalized spacial score (nSPS) is 26.1. The van der Waals surface area contributed by atoms with Crippen molar-refractivity contribution in [3.63, 3.8) is 0 Å². The molecule has 1 unspecified atom stereocenters. The van der Waals surface area contributed by atoms with Gasteiger partial charge in [-0.2, -0.15) is 0 Å². The van der Waals surface area contributed by atoms with Crippen LogP contribution in [0.3, 0.4) is 0 Å². The van der Waals surface area contributed by atoms with Crippen molar-refractivity contribution in [3.8, 4) is 11.6 Å². The van der Waals surface area contributed by atoms with E-state index < -0.39 is 0 Å². The molecule has 4 aliphatic rings. The minimum atomic E-state index is -0.288. The van der Waals surface area contributed by atoms with Crippen molar-refractivity contribution in [1.29, 1.82) is 0 Å². The van der Waals surface area contributed by atoms with Crippen LogP contribution in [-0.4, -0.2) is 67.3 Å². The van der Waals surface area contributed by atoms with Gasteiger partial charge in [-0.25, -0.2) is 14.4 Å². The fraction of sp³-hybridized carbons (Fsp3) is 0.500. The summed E-state index contributed by atoms with van der Waals surface area (Å²) >= 11 is 0. The molecule has 8 rings (SSSR count). The first kappa shape index (κ1) is 29.6. The third kappa shape index (κ3) is 5.62. The number of aromatic nitrogens is 5. The second-order valence-electron chi connectivity index (χ2n) is 13.7. The lowest BCUT2D eigenvalue weighted by Crippen LogP contribution is -2.57. The van der Waals surface area contributed by atoms with E-state index in [0.717, 1.165) is 49.2 Å². The Bertz CT molecular complexity index is 1760. The van der Waals surface area contributed by atoms with E-state index in [1.54, 1.807) is 16.7 Å². The average Bonchev–Trinajstić information content (AvgIpc) is 3.56. The number of fused-ring (bicyclic) bond motifs is 3. The highest BCUT2D eigenvalue weighted by Crippen LogP contribution is 2.61. The van der Waals surface area contributed by atoms with Crippen LogP contribution >= 0.6 is 0 Å². The number of nitrogens with one attached hydrogen (secondary N) is 3. The highest BCUT2D eigenvalue weighted by atomic mass is 19.1. The Morgan fingerprint density at radius 3 is 2.69 bits per heavy atom. The van der Waals surface area contributed by atoms with E-state index in [2.05, 4.69) is 58.4 Å². The molecular formula is C34H42FN9O. The Morgan fingerprint density at radius 2 is 1.98 bits per heavy atom. The van der Waals surface area contributed by atoms with E-state index in [0.29, 0.717) is 58.8 Å². The number of piperazine rings is 1. The molecule has 2 bridgehead atoms. The lowest BCUT2D eigenvalue weighted by Gasteiger charge is -2.61. The molecule has 4 aromatic rings. The van der Waals surface area contributed by atoms with Crippen molar-refractivity contribution in [2.45, 2.75) is 65.6 Å². The minimum Gasteiger partial charge on any atom is -0.340 e. The molecule has 45 heavy (non-hydrogen) atoms. The number of aliphatic imine (C=N–C) groups is 1. The Hall–Kier alpha value is -4.12. The summed E-state index contributed by atoms with van der Waals surface area (Å²) in [5, 5.41) is 15.8. The number of nitrogens with zero attached hydrogens (tertiary/aromatic N) is 6. The highest BCUT2D eigenvalue weighted by Gasteiger charge is 2.56. The Morgan fingerprint density at radius 1 is 1.16 bits per heavy atom. The van der Waals surface area contributed by atoms with Crippen LogP contribution in [-0.2, 0) is 13.0 Å². The maximum Gasteiger partial charge on any atom is 0.261 e. The third-order valence-electron chi connectivity index (χ3n) is 10.6. The molecule has 0 radical (unpaired) electrons. The molecule has 2 aromatic heterocycles. The predicted octanol–water partition coefficient (Wildman–Crippen LogP) is 4.70. The molecular weight excluding hydrogens is 569 g/mol. The molecule has 3 heterocycles. The smallest absolute Gasteiger partial charge is 0.261 e. The first-order valence-electron chi connectivity index (χ1n) is 16.2. The van der Waals surface area contributed by atoms with Gasteiger partial charge in [-0.05, 0) is 85.3 Å². The monoisotopic (exact) mass is 611 g/mol. The zero-order chi connectivity index (χ0) is 31.3. The molecule has 11 heteroatoms. The molecule has 3 N–H and O–H groups in total. The number of halogens is 1. The van der Waals surface area contributed by atoms with Crippen molar-refractivity contribution in [2.75, 3.05) is 25.0 Å². The van der Waals surface area contributed by atoms with E-state index >= 15 is 0 Å². The Balaban J connectivity index is 1.22. The Kier molecular flexibility index (Phi) is 7.67. The summed E-state index contributed by atoms with van der Waals surface area (Å²) in [6, 6.07) is 12.7. The number of anilines is 1. The molecule has 3 saturated carbocycles. The van der Waals surface area contributed by atoms with Gasteiger partial charge >= 0.3 is 0 Å². The second-order valence-corrected chi connectivity index (χ2v) is 13.7. The number of guanidine groups is 1. The minimum absolute atomic E-state index is 0.164. The van der Waals surface area contributed by atoms with E-state index in [4.69, 9.17) is 9.98 Å². The average molecular weight is 612 g/mol. The quantitative estimate of drug-likeness (QED) is 0.214. The predicted molar refractivity (Wildman–Crippen MR) is 175 cm³/mol. The molecule has 5 atom stereocenters. The van der Waals surface area contributed by atoms with Gasteiger partial charge in [0, 0.05) is 37.9 Å². The number of aryl methyl sites for hydroxylation is 1. The maximum absolute atomic E-state index is 13.9. The van der Waals surface area contributed by atoms with Gasteiger partial charge in [0.2, 0.25) is 0 Å². The van der Waals surface area contributed by atoms with Crippen LogP contribution in [0.5, 0.6) is 0 Å². The van der Waals surface area contributed by atoms with Crippen LogP contribution in [0.2, 0.25) is 0 Å². The molecule has 2 aromatic carbocycles. The van der Waals surface area contributed by atoms with Crippen LogP contribution in [0.25, 0.3) is 22.6 Å². The molecule has 3 aliphatic carbocycles. The summed E-state index contributed by atoms with van der Waals surface area (Å²) in [5.41, 5.74) is 2.56. The van der Waals surface area contributed by atoms with Crippen molar-refractivity contribution >= 4 is 22.5 Å². The molecule has 0 amide bonds. The lowest BCUT2D eigenvalue weighted by molar-refractivity contribution is -0.108. The summed E-state index contributed by atoms with van der Waals surface area (Å²) < 4.78 is 15.1. The summed E-state index contributed by atoms with van der Waals surface area (Å²) in [5.74, 6) is 3.38. The zero-order valence-electron chi connectivity index (χ0n) is 26.4. The van der Waals surface area contributed by atoms with E-state index in [9.17, 15) is 9.18 Å². The number of aromatic amines is 1. The van der Waals surface area contributed by atoms with Crippen LogP contribution in [0.15, 0.2) is 58.6 Å². The second kappa shape index (κ2) is 11.7. The number of hydrogen-bond donors (Lipinski definition) is 3. The molecule has 0 spiro atoms.